The zero-order valence-electron chi connectivity index (χ0n) is 18.8. The first-order valence-electron chi connectivity index (χ1n) is 10.4. The van der Waals surface area contributed by atoms with Crippen LogP contribution in [0.15, 0.2) is 76.1 Å². The number of fused-ring (bicyclic) bond motifs is 1. The van der Waals surface area contributed by atoms with Crippen molar-refractivity contribution in [3.05, 3.63) is 82.3 Å². The number of methoxy groups -OCH3 is 1. The number of nitrogens with zero attached hydrogens (tertiary/aromatic N) is 1. The second-order valence-corrected chi connectivity index (χ2v) is 11.5. The van der Waals surface area contributed by atoms with E-state index in [1.54, 1.807) is 31.4 Å². The molecule has 7 nitrogen and oxygen atoms in total. The predicted molar refractivity (Wildman–Crippen MR) is 142 cm³/mol. The van der Waals surface area contributed by atoms with E-state index in [4.69, 9.17) is 9.47 Å². The fourth-order valence-electron chi connectivity index (χ4n) is 3.21. The summed E-state index contributed by atoms with van der Waals surface area (Å²) >= 11 is 4.73. The van der Waals surface area contributed by atoms with Gasteiger partial charge in [-0.2, -0.15) is 0 Å². The summed E-state index contributed by atoms with van der Waals surface area (Å²) in [7, 11) is -1.77. The van der Waals surface area contributed by atoms with Gasteiger partial charge in [0.15, 0.2) is 26.5 Å². The summed E-state index contributed by atoms with van der Waals surface area (Å²) in [5.41, 5.74) is 2.38. The average molecular weight is 573 g/mol. The van der Waals surface area contributed by atoms with Crippen molar-refractivity contribution in [2.75, 3.05) is 18.7 Å². The predicted octanol–water partition coefficient (Wildman–Crippen LogP) is 5.70. The number of carbonyl (C=O) groups excluding carboxylic acids is 1. The molecule has 0 saturated heterocycles. The van der Waals surface area contributed by atoms with Crippen LogP contribution in [0.2, 0.25) is 0 Å². The van der Waals surface area contributed by atoms with Crippen molar-refractivity contribution in [1.82, 2.24) is 4.98 Å². The number of ether oxygens (including phenoxy) is 2. The van der Waals surface area contributed by atoms with E-state index in [9.17, 15) is 13.2 Å². The van der Waals surface area contributed by atoms with E-state index in [1.807, 2.05) is 36.4 Å². The molecule has 0 bridgehead atoms. The lowest BCUT2D eigenvalue weighted by Crippen LogP contribution is -2.07. The number of benzene rings is 3. The maximum Gasteiger partial charge on any atom is 0.250 e. The smallest absolute Gasteiger partial charge is 0.250 e. The highest BCUT2D eigenvalue weighted by molar-refractivity contribution is 9.10. The molecule has 0 aliphatic carbocycles. The van der Waals surface area contributed by atoms with Crippen molar-refractivity contribution in [1.29, 1.82) is 0 Å². The number of nitrogens with one attached hydrogen (secondary N) is 1. The van der Waals surface area contributed by atoms with Crippen LogP contribution in [0.1, 0.15) is 11.1 Å². The highest BCUT2D eigenvalue weighted by Gasteiger charge is 2.13. The van der Waals surface area contributed by atoms with E-state index in [2.05, 4.69) is 26.2 Å². The molecule has 1 aromatic heterocycles. The molecular formula is C25H21BrN2O5S2. The van der Waals surface area contributed by atoms with Crippen molar-refractivity contribution in [3.63, 3.8) is 0 Å². The average Bonchev–Trinajstić information content (AvgIpc) is 3.23. The van der Waals surface area contributed by atoms with Crippen LogP contribution in [0.25, 0.3) is 16.3 Å². The molecule has 35 heavy (non-hydrogen) atoms. The first kappa shape index (κ1) is 24.9. The van der Waals surface area contributed by atoms with Crippen LogP contribution in [-0.4, -0.2) is 32.7 Å². The maximum absolute atomic E-state index is 12.5. The number of anilines is 1. The number of hydrogen-bond donors (Lipinski definition) is 1. The number of amides is 1. The number of hydrogen-bond acceptors (Lipinski definition) is 7. The summed E-state index contributed by atoms with van der Waals surface area (Å²) in [4.78, 5) is 17.0. The zero-order chi connectivity index (χ0) is 25.0. The normalized spacial score (nSPS) is 11.6. The van der Waals surface area contributed by atoms with Crippen LogP contribution in [0, 0.1) is 0 Å². The quantitative estimate of drug-likeness (QED) is 0.272. The summed E-state index contributed by atoms with van der Waals surface area (Å²) in [6.07, 6.45) is 4.19. The number of halogens is 1. The molecule has 10 heteroatoms. The molecular weight excluding hydrogens is 552 g/mol. The number of sulfone groups is 1. The van der Waals surface area contributed by atoms with Gasteiger partial charge >= 0.3 is 0 Å². The van der Waals surface area contributed by atoms with E-state index < -0.39 is 9.84 Å². The largest absolute Gasteiger partial charge is 0.493 e. The summed E-state index contributed by atoms with van der Waals surface area (Å²) < 4.78 is 36.3. The Hall–Kier alpha value is -3.21. The van der Waals surface area contributed by atoms with Gasteiger partial charge in [0.2, 0.25) is 5.91 Å². The molecule has 0 spiro atoms. The van der Waals surface area contributed by atoms with Gasteiger partial charge in [-0.1, -0.05) is 41.7 Å². The van der Waals surface area contributed by atoms with Crippen LogP contribution in [0.4, 0.5) is 5.13 Å². The Labute approximate surface area is 215 Å². The van der Waals surface area contributed by atoms with E-state index in [0.29, 0.717) is 37.9 Å². The van der Waals surface area contributed by atoms with Gasteiger partial charge in [0, 0.05) is 12.3 Å². The molecule has 3 aromatic carbocycles. The Kier molecular flexibility index (Phi) is 7.54. The third kappa shape index (κ3) is 6.27. The topological polar surface area (TPSA) is 94.6 Å². The second kappa shape index (κ2) is 10.6. The molecule has 1 N–H and O–H groups in total. The molecule has 0 radical (unpaired) electrons. The maximum atomic E-state index is 12.5. The van der Waals surface area contributed by atoms with Gasteiger partial charge in [-0.3, -0.25) is 10.1 Å². The third-order valence-corrected chi connectivity index (χ3v) is 7.56. The third-order valence-electron chi connectivity index (χ3n) is 4.92. The number of rotatable bonds is 8. The molecule has 4 aromatic rings. The molecule has 4 rings (SSSR count). The molecule has 180 valence electrons. The van der Waals surface area contributed by atoms with Crippen LogP contribution in [-0.2, 0) is 21.2 Å². The van der Waals surface area contributed by atoms with Crippen LogP contribution in [0.5, 0.6) is 11.5 Å². The Morgan fingerprint density at radius 3 is 2.63 bits per heavy atom. The van der Waals surface area contributed by atoms with Gasteiger partial charge in [-0.05, 0) is 63.5 Å². The molecule has 0 atom stereocenters. The van der Waals surface area contributed by atoms with Crippen molar-refractivity contribution < 1.29 is 22.7 Å². The van der Waals surface area contributed by atoms with E-state index in [-0.39, 0.29) is 10.8 Å². The van der Waals surface area contributed by atoms with E-state index >= 15 is 0 Å². The SMILES string of the molecule is COc1cc(/C=C/C(=O)Nc2nc3ccc(S(C)(=O)=O)cc3s2)cc(Br)c1OCc1ccccc1. The minimum absolute atomic E-state index is 0.210. The van der Waals surface area contributed by atoms with E-state index in [1.165, 1.54) is 23.5 Å². The van der Waals surface area contributed by atoms with Gasteiger partial charge < -0.3 is 9.47 Å². The monoisotopic (exact) mass is 572 g/mol. The summed E-state index contributed by atoms with van der Waals surface area (Å²) in [5, 5.41) is 3.10. The Morgan fingerprint density at radius 1 is 1.14 bits per heavy atom. The molecule has 1 amide bonds. The minimum atomic E-state index is -3.32. The molecule has 0 unspecified atom stereocenters. The lowest BCUT2D eigenvalue weighted by atomic mass is 10.2. The van der Waals surface area contributed by atoms with Gasteiger partial charge in [0.25, 0.3) is 0 Å². The number of thiazole rings is 1. The Balaban J connectivity index is 1.46. The van der Waals surface area contributed by atoms with Crippen molar-refractivity contribution >= 4 is 64.4 Å². The van der Waals surface area contributed by atoms with Crippen molar-refractivity contribution in [2.24, 2.45) is 0 Å². The highest BCUT2D eigenvalue weighted by Crippen LogP contribution is 2.37. The molecule has 0 saturated carbocycles. The Bertz CT molecular complexity index is 1520. The lowest BCUT2D eigenvalue weighted by molar-refractivity contribution is -0.111. The molecule has 0 fully saturated rings. The number of carbonyl (C=O) groups is 1. The van der Waals surface area contributed by atoms with E-state index in [0.717, 1.165) is 17.4 Å². The Morgan fingerprint density at radius 2 is 1.91 bits per heavy atom. The zero-order valence-corrected chi connectivity index (χ0v) is 22.0. The van der Waals surface area contributed by atoms with Crippen LogP contribution in [0.3, 0.4) is 0 Å². The first-order chi connectivity index (χ1) is 16.7. The van der Waals surface area contributed by atoms with Gasteiger partial charge in [0.1, 0.15) is 6.61 Å². The van der Waals surface area contributed by atoms with Crippen LogP contribution < -0.4 is 14.8 Å². The second-order valence-electron chi connectivity index (χ2n) is 7.55. The summed E-state index contributed by atoms with van der Waals surface area (Å²) in [5.74, 6) is 0.732. The molecule has 0 aliphatic rings. The fourth-order valence-corrected chi connectivity index (χ4v) is 5.42. The first-order valence-corrected chi connectivity index (χ1v) is 13.9. The summed E-state index contributed by atoms with van der Waals surface area (Å²) in [6.45, 7) is 0.390. The van der Waals surface area contributed by atoms with Crippen molar-refractivity contribution in [2.45, 2.75) is 11.5 Å². The standard InChI is InChI=1S/C25H21BrN2O5S2/c1-32-21-13-17(12-19(26)24(21)33-15-16-6-4-3-5-7-16)8-11-23(29)28-25-27-20-10-9-18(35(2,30)31)14-22(20)34-25/h3-14H,15H2,1-2H3,(H,27,28,29)/b11-8+. The van der Waals surface area contributed by atoms with Crippen molar-refractivity contribution in [3.8, 4) is 11.5 Å². The minimum Gasteiger partial charge on any atom is -0.493 e. The summed E-state index contributed by atoms with van der Waals surface area (Å²) in [6, 6.07) is 18.1. The fraction of sp³-hybridized carbons (Fsp3) is 0.120. The van der Waals surface area contributed by atoms with Gasteiger partial charge in [-0.15, -0.1) is 0 Å². The molecule has 0 aliphatic heterocycles. The lowest BCUT2D eigenvalue weighted by Gasteiger charge is -2.13. The number of aromatic nitrogens is 1. The van der Waals surface area contributed by atoms with Gasteiger partial charge in [0.05, 0.1) is 26.7 Å². The van der Waals surface area contributed by atoms with Crippen LogP contribution >= 0.6 is 27.3 Å². The highest BCUT2D eigenvalue weighted by atomic mass is 79.9. The van der Waals surface area contributed by atoms with Gasteiger partial charge in [-0.25, -0.2) is 13.4 Å². The molecule has 1 heterocycles.